The molecule has 0 bridgehead atoms. The third-order valence-electron chi connectivity index (χ3n) is 8.56. The minimum absolute atomic E-state index is 0. The monoisotopic (exact) mass is 1090 g/mol. The van der Waals surface area contributed by atoms with Crippen LogP contribution in [0.4, 0.5) is 0 Å². The van der Waals surface area contributed by atoms with Crippen molar-refractivity contribution < 1.29 is 185 Å². The van der Waals surface area contributed by atoms with Gasteiger partial charge in [-0.15, -0.1) is 0 Å². The van der Waals surface area contributed by atoms with Gasteiger partial charge in [-0.3, -0.25) is 8.98 Å². The van der Waals surface area contributed by atoms with Crippen molar-refractivity contribution in [1.29, 1.82) is 0 Å². The van der Waals surface area contributed by atoms with E-state index in [1.165, 1.54) is 12.1 Å². The first-order chi connectivity index (χ1) is 28.3. The number of fused-ring (bicyclic) bond motifs is 2. The Hall–Kier alpha value is -2.44. The van der Waals surface area contributed by atoms with Crippen LogP contribution in [0.3, 0.4) is 0 Å². The van der Waals surface area contributed by atoms with Crippen LogP contribution in [0.15, 0.2) is 145 Å². The van der Waals surface area contributed by atoms with Gasteiger partial charge in [0.25, 0.3) is 16.6 Å². The van der Waals surface area contributed by atoms with Crippen molar-refractivity contribution in [3.63, 3.8) is 0 Å². The zero-order chi connectivity index (χ0) is 43.0. The molecule has 15 heteroatoms. The predicted octanol–water partition coefficient (Wildman–Crippen LogP) is 2.70. The molecule has 0 aliphatic rings. The van der Waals surface area contributed by atoms with Crippen LogP contribution < -0.4 is 159 Å². The number of hydrogen-bond donors (Lipinski definition) is 1. The van der Waals surface area contributed by atoms with Crippen LogP contribution in [0.1, 0.15) is 44.8 Å². The molecule has 61 heavy (non-hydrogen) atoms. The fourth-order valence-corrected chi connectivity index (χ4v) is 6.67. The summed E-state index contributed by atoms with van der Waals surface area (Å²) in [5.41, 5.74) is 6.16. The topological polar surface area (TPSA) is 183 Å². The van der Waals surface area contributed by atoms with Crippen LogP contribution in [-0.2, 0) is 24.0 Å². The van der Waals surface area contributed by atoms with Crippen LogP contribution >= 0.6 is 0 Å². The Bertz CT molecular complexity index is 2690. The second kappa shape index (κ2) is 27.7. The van der Waals surface area contributed by atoms with Gasteiger partial charge < -0.3 is 30.2 Å². The van der Waals surface area contributed by atoms with Gasteiger partial charge in [0, 0.05) is 22.9 Å². The quantitative estimate of drug-likeness (QED) is 0.0697. The number of phenolic OH excluding ortho intramolecular Hbond substituents is 1. The van der Waals surface area contributed by atoms with Crippen molar-refractivity contribution in [2.24, 2.45) is 0 Å². The van der Waals surface area contributed by atoms with E-state index < -0.39 is 15.7 Å². The van der Waals surface area contributed by atoms with E-state index in [9.17, 15) is 23.1 Å². The Morgan fingerprint density at radius 3 is 1.61 bits per heavy atom. The number of aromatic hydroxyl groups is 1. The Morgan fingerprint density at radius 2 is 1.13 bits per heavy atom. The van der Waals surface area contributed by atoms with Gasteiger partial charge in [0.2, 0.25) is 0 Å². The van der Waals surface area contributed by atoms with Gasteiger partial charge in [-0.2, -0.15) is 8.42 Å². The maximum Gasteiger partial charge on any atom is 1.00 e. The molecule has 0 spiro atoms. The summed E-state index contributed by atoms with van der Waals surface area (Å²) in [4.78, 5) is 35.1. The van der Waals surface area contributed by atoms with Gasteiger partial charge in [0.05, 0.1) is 18.1 Å². The normalized spacial score (nSPS) is 10.3. The first-order valence-corrected chi connectivity index (χ1v) is 20.0. The Kier molecular flexibility index (Phi) is 24.8. The number of carbonyl (C=O) groups is 1. The van der Waals surface area contributed by atoms with Gasteiger partial charge in [-0.25, -0.2) is 9.59 Å². The van der Waals surface area contributed by atoms with E-state index in [0.29, 0.717) is 29.9 Å². The molecular weight excluding hydrogens is 1040 g/mol. The van der Waals surface area contributed by atoms with Crippen molar-refractivity contribution in [2.75, 3.05) is 13.2 Å². The summed E-state index contributed by atoms with van der Waals surface area (Å²) in [6.07, 6.45) is 1.59. The molecule has 0 aliphatic heterocycles. The summed E-state index contributed by atoms with van der Waals surface area (Å²) in [6.45, 7) is 10.2. The van der Waals surface area contributed by atoms with Crippen LogP contribution in [0.5, 0.6) is 11.5 Å². The molecule has 0 unspecified atom stereocenters. The Labute approximate surface area is 474 Å². The molecule has 0 saturated carbocycles. The molecule has 0 amide bonds. The largest absolute Gasteiger partial charge is 1.00 e. The predicted molar refractivity (Wildman–Crippen MR) is 226 cm³/mol. The van der Waals surface area contributed by atoms with E-state index in [2.05, 4.69) is 4.89 Å². The molecule has 2 aromatic heterocycles. The third kappa shape index (κ3) is 15.9. The number of phenols is 1. The maximum absolute atomic E-state index is 12.0. The number of ether oxygens (including phenoxy) is 1. The minimum Gasteiger partial charge on any atom is -1.00 e. The van der Waals surface area contributed by atoms with Crippen molar-refractivity contribution in [3.8, 4) is 33.8 Å². The average molecular weight is 1090 g/mol. The molecule has 2 heterocycles. The molecule has 1 N–H and O–H groups in total. The van der Waals surface area contributed by atoms with E-state index in [-0.39, 0.29) is 174 Å². The molecule has 0 atom stereocenters. The maximum atomic E-state index is 12.0. The van der Waals surface area contributed by atoms with Gasteiger partial charge in [-0.05, 0) is 79.1 Å². The molecule has 5 aromatic carbocycles. The number of hydrogen-bond acceptors (Lipinski definition) is 12. The van der Waals surface area contributed by atoms with Crippen molar-refractivity contribution in [2.45, 2.75) is 52.4 Å². The molecule has 7 rings (SSSR count). The first kappa shape index (κ1) is 54.7. The molecule has 0 radical (unpaired) electrons. The zero-order valence-electron chi connectivity index (χ0n) is 36.3. The van der Waals surface area contributed by atoms with E-state index in [4.69, 9.17) is 27.8 Å². The fraction of sp³-hybridized carbons (Fsp3) is 0.196. The number of benzene rings is 5. The van der Waals surface area contributed by atoms with Crippen LogP contribution in [0.25, 0.3) is 44.2 Å². The summed E-state index contributed by atoms with van der Waals surface area (Å²) in [6, 6.07) is 36.7. The van der Waals surface area contributed by atoms with Crippen LogP contribution in [-0.4, -0.2) is 33.2 Å². The molecule has 0 fully saturated rings. The number of rotatable bonds is 10. The van der Waals surface area contributed by atoms with Crippen molar-refractivity contribution >= 4 is 38.5 Å². The van der Waals surface area contributed by atoms with Crippen LogP contribution in [0, 0.1) is 20.8 Å². The summed E-state index contributed by atoms with van der Waals surface area (Å²) in [5, 5.41) is 20.1. The number of carbonyl (C=O) groups excluding carboxylic acids is 1. The smallest absolute Gasteiger partial charge is 1.00 e. The van der Waals surface area contributed by atoms with E-state index >= 15 is 0 Å². The zero-order valence-corrected chi connectivity index (χ0v) is 48.7. The SMILES string of the molecule is CCCOS(=O)(=O)c1ccc(C)cc1.CCCOc1c(C)ccc2c(-c3ccccc3)cc(=O)oc12.Cc1ccc2c(-c3ccccc3)cc(=O)oc2c1O.O=CO[O-].[Cs+].[Cs+].[H-]. The van der Waals surface area contributed by atoms with Crippen molar-refractivity contribution in [1.82, 2.24) is 0 Å². The Balaban J connectivity index is 0.000000444. The van der Waals surface area contributed by atoms with Gasteiger partial charge in [0.15, 0.2) is 22.7 Å². The molecule has 0 aliphatic carbocycles. The van der Waals surface area contributed by atoms with Gasteiger partial charge >= 0.3 is 149 Å². The van der Waals surface area contributed by atoms with Crippen LogP contribution in [0.2, 0.25) is 0 Å². The molecule has 7 aromatic rings. The van der Waals surface area contributed by atoms with E-state index in [0.717, 1.165) is 50.6 Å². The van der Waals surface area contributed by atoms with Gasteiger partial charge in [-0.1, -0.05) is 116 Å². The van der Waals surface area contributed by atoms with E-state index in [1.54, 1.807) is 31.2 Å². The summed E-state index contributed by atoms with van der Waals surface area (Å²) < 4.78 is 44.1. The summed E-state index contributed by atoms with van der Waals surface area (Å²) >= 11 is 0. The van der Waals surface area contributed by atoms with Gasteiger partial charge in [0.1, 0.15) is 0 Å². The Morgan fingerprint density at radius 1 is 0.672 bits per heavy atom. The summed E-state index contributed by atoms with van der Waals surface area (Å²) in [5.74, 6) is 0.682. The second-order valence-corrected chi connectivity index (χ2v) is 14.6. The average Bonchev–Trinajstić information content (AvgIpc) is 3.25. The fourth-order valence-electron chi connectivity index (χ4n) is 5.67. The molecule has 0 saturated heterocycles. The first-order valence-electron chi connectivity index (χ1n) is 18.6. The molecule has 12 nitrogen and oxygen atoms in total. The second-order valence-electron chi connectivity index (χ2n) is 13.0. The minimum atomic E-state index is -3.54. The van der Waals surface area contributed by atoms with Crippen molar-refractivity contribution in [3.05, 3.63) is 159 Å². The number of aryl methyl sites for hydroxylation is 3. The summed E-state index contributed by atoms with van der Waals surface area (Å²) in [7, 11) is -3.54. The van der Waals surface area contributed by atoms with E-state index in [1.807, 2.05) is 113 Å². The third-order valence-corrected chi connectivity index (χ3v) is 9.89. The standard InChI is InChI=1S/C19H18O3.C16H12O3.C10H14O3S.CH2O3.2Cs.H/c1-3-11-21-18-13(2)9-10-15-16(12-17(20)22-19(15)18)14-7-5-4-6-8-14;1-10-7-8-12-13(11-5-3-2-4-6-11)9-14(17)19-16(12)15(10)18;1-3-8-13-14(11,12)10-6-4-9(2)5-7-10;2-1-4-3;;;/h4-10,12H,3,11H2,1-2H3;2-9,18H,1H3;4-7H,3,8H2,1-2H3;1,3H;;;/q;;;;2*+1;-1/p-1. The molecule has 310 valence electrons. The molecular formula is C46H46Cs2O12S.